The van der Waals surface area contributed by atoms with Crippen LogP contribution in [0.25, 0.3) is 0 Å². The highest BCUT2D eigenvalue weighted by molar-refractivity contribution is 5.79. The fraction of sp³-hybridized carbons (Fsp3) is 0.562. The van der Waals surface area contributed by atoms with Crippen molar-refractivity contribution in [2.75, 3.05) is 13.1 Å². The van der Waals surface area contributed by atoms with E-state index in [9.17, 15) is 9.90 Å². The van der Waals surface area contributed by atoms with Crippen LogP contribution in [0.3, 0.4) is 0 Å². The van der Waals surface area contributed by atoms with Gasteiger partial charge in [-0.05, 0) is 31.2 Å². The van der Waals surface area contributed by atoms with Crippen LogP contribution in [0.15, 0.2) is 30.3 Å². The van der Waals surface area contributed by atoms with Crippen molar-refractivity contribution < 1.29 is 9.90 Å². The highest BCUT2D eigenvalue weighted by atomic mass is 16.4. The molecule has 0 spiro atoms. The van der Waals surface area contributed by atoms with Gasteiger partial charge >= 0.3 is 5.97 Å². The fourth-order valence-corrected chi connectivity index (χ4v) is 2.97. The van der Waals surface area contributed by atoms with Crippen molar-refractivity contribution in [3.63, 3.8) is 0 Å². The first-order chi connectivity index (χ1) is 9.68. The second kappa shape index (κ2) is 5.54. The molecule has 1 aromatic rings. The molecule has 2 fully saturated rings. The van der Waals surface area contributed by atoms with Gasteiger partial charge in [-0.1, -0.05) is 30.3 Å². The predicted octanol–water partition coefficient (Wildman–Crippen LogP) is 1.86. The van der Waals surface area contributed by atoms with Crippen LogP contribution in [0.2, 0.25) is 0 Å². The molecule has 1 aromatic carbocycles. The van der Waals surface area contributed by atoms with Crippen LogP contribution in [-0.4, -0.2) is 40.6 Å². The van der Waals surface area contributed by atoms with Crippen molar-refractivity contribution in [1.29, 1.82) is 0 Å². The highest BCUT2D eigenvalue weighted by Crippen LogP contribution is 2.29. The summed E-state index contributed by atoms with van der Waals surface area (Å²) < 4.78 is 0. The van der Waals surface area contributed by atoms with E-state index in [1.54, 1.807) is 0 Å². The molecule has 1 aliphatic carbocycles. The number of aliphatic carboxylic acids is 1. The fourth-order valence-electron chi connectivity index (χ4n) is 2.97. The lowest BCUT2D eigenvalue weighted by Gasteiger charge is -2.39. The number of piperidine rings is 1. The second-order valence-electron chi connectivity index (χ2n) is 6.07. The maximum Gasteiger partial charge on any atom is 0.324 e. The van der Waals surface area contributed by atoms with Gasteiger partial charge in [0.1, 0.15) is 5.54 Å². The SMILES string of the molecule is O=C(O)C1(NC2CC2)CCN(Cc2ccccc2)CC1. The molecule has 4 heteroatoms. The van der Waals surface area contributed by atoms with Gasteiger partial charge in [0, 0.05) is 25.7 Å². The van der Waals surface area contributed by atoms with Crippen molar-refractivity contribution in [1.82, 2.24) is 10.2 Å². The Balaban J connectivity index is 1.58. The number of rotatable bonds is 5. The van der Waals surface area contributed by atoms with E-state index < -0.39 is 11.5 Å². The van der Waals surface area contributed by atoms with E-state index in [0.717, 1.165) is 32.5 Å². The Labute approximate surface area is 119 Å². The van der Waals surface area contributed by atoms with Crippen molar-refractivity contribution >= 4 is 5.97 Å². The average Bonchev–Trinajstić information content (AvgIpc) is 3.26. The van der Waals surface area contributed by atoms with Crippen LogP contribution < -0.4 is 5.32 Å². The topological polar surface area (TPSA) is 52.6 Å². The highest BCUT2D eigenvalue weighted by Gasteiger charge is 2.44. The van der Waals surface area contributed by atoms with Crippen LogP contribution in [0.4, 0.5) is 0 Å². The van der Waals surface area contributed by atoms with Gasteiger partial charge in [-0.3, -0.25) is 15.0 Å². The molecule has 1 heterocycles. The third-order valence-corrected chi connectivity index (χ3v) is 4.43. The first kappa shape index (κ1) is 13.6. The Kier molecular flexibility index (Phi) is 3.76. The lowest BCUT2D eigenvalue weighted by Crippen LogP contribution is -2.58. The molecule has 2 N–H and O–H groups in total. The van der Waals surface area contributed by atoms with Gasteiger partial charge in [0.2, 0.25) is 0 Å². The lowest BCUT2D eigenvalue weighted by atomic mass is 9.87. The van der Waals surface area contributed by atoms with Crippen LogP contribution in [0.1, 0.15) is 31.2 Å². The molecule has 0 atom stereocenters. The predicted molar refractivity (Wildman–Crippen MR) is 77.5 cm³/mol. The van der Waals surface area contributed by atoms with E-state index in [0.29, 0.717) is 18.9 Å². The molecule has 0 radical (unpaired) electrons. The Morgan fingerprint density at radius 3 is 2.45 bits per heavy atom. The summed E-state index contributed by atoms with van der Waals surface area (Å²) in [6.45, 7) is 2.61. The van der Waals surface area contributed by atoms with Gasteiger partial charge in [-0.25, -0.2) is 0 Å². The summed E-state index contributed by atoms with van der Waals surface area (Å²) in [4.78, 5) is 14.0. The number of nitrogens with zero attached hydrogens (tertiary/aromatic N) is 1. The van der Waals surface area contributed by atoms with Gasteiger partial charge in [0.25, 0.3) is 0 Å². The number of carbonyl (C=O) groups is 1. The third kappa shape index (κ3) is 3.02. The van der Waals surface area contributed by atoms with Gasteiger partial charge in [0.05, 0.1) is 0 Å². The molecule has 1 saturated heterocycles. The first-order valence-electron chi connectivity index (χ1n) is 7.45. The molecule has 4 nitrogen and oxygen atoms in total. The monoisotopic (exact) mass is 274 g/mol. The summed E-state index contributed by atoms with van der Waals surface area (Å²) in [7, 11) is 0. The van der Waals surface area contributed by atoms with Crippen LogP contribution in [-0.2, 0) is 11.3 Å². The van der Waals surface area contributed by atoms with E-state index in [4.69, 9.17) is 0 Å². The van der Waals surface area contributed by atoms with Crippen LogP contribution >= 0.6 is 0 Å². The quantitative estimate of drug-likeness (QED) is 0.860. The van der Waals surface area contributed by atoms with Crippen molar-refractivity contribution in [2.24, 2.45) is 0 Å². The van der Waals surface area contributed by atoms with E-state index in [1.807, 2.05) is 6.07 Å². The summed E-state index contributed by atoms with van der Waals surface area (Å²) in [5.41, 5.74) is 0.611. The van der Waals surface area contributed by atoms with Gasteiger partial charge in [0.15, 0.2) is 0 Å². The molecule has 0 bridgehead atoms. The zero-order valence-electron chi connectivity index (χ0n) is 11.7. The minimum atomic E-state index is -0.686. The Bertz CT molecular complexity index is 463. The molecule has 0 amide bonds. The summed E-state index contributed by atoms with van der Waals surface area (Å²) in [5, 5.41) is 12.9. The number of carboxylic acid groups (broad SMARTS) is 1. The molecular weight excluding hydrogens is 252 g/mol. The maximum atomic E-state index is 11.6. The number of benzene rings is 1. The van der Waals surface area contributed by atoms with Crippen molar-refractivity contribution in [3.8, 4) is 0 Å². The first-order valence-corrected chi connectivity index (χ1v) is 7.45. The number of nitrogens with one attached hydrogen (secondary N) is 1. The van der Waals surface area contributed by atoms with Crippen LogP contribution in [0.5, 0.6) is 0 Å². The number of hydrogen-bond donors (Lipinski definition) is 2. The van der Waals surface area contributed by atoms with E-state index in [1.165, 1.54) is 5.56 Å². The minimum absolute atomic E-state index is 0.437. The average molecular weight is 274 g/mol. The summed E-state index contributed by atoms with van der Waals surface area (Å²) >= 11 is 0. The van der Waals surface area contributed by atoms with Crippen molar-refractivity contribution in [3.05, 3.63) is 35.9 Å². The minimum Gasteiger partial charge on any atom is -0.480 e. The molecule has 1 saturated carbocycles. The van der Waals surface area contributed by atoms with Crippen molar-refractivity contribution in [2.45, 2.75) is 43.8 Å². The normalized spacial score (nSPS) is 22.6. The number of likely N-dealkylation sites (tertiary alicyclic amines) is 1. The molecule has 3 rings (SSSR count). The number of carboxylic acids is 1. The molecule has 20 heavy (non-hydrogen) atoms. The molecular formula is C16H22N2O2. The summed E-state index contributed by atoms with van der Waals surface area (Å²) in [6, 6.07) is 10.8. The van der Waals surface area contributed by atoms with E-state index in [2.05, 4.69) is 34.5 Å². The number of hydrogen-bond acceptors (Lipinski definition) is 3. The zero-order valence-corrected chi connectivity index (χ0v) is 11.7. The van der Waals surface area contributed by atoms with Gasteiger partial charge in [-0.15, -0.1) is 0 Å². The lowest BCUT2D eigenvalue weighted by molar-refractivity contribution is -0.147. The molecule has 2 aliphatic rings. The maximum absolute atomic E-state index is 11.6. The third-order valence-electron chi connectivity index (χ3n) is 4.43. The second-order valence-corrected chi connectivity index (χ2v) is 6.07. The summed E-state index contributed by atoms with van der Waals surface area (Å²) in [5.74, 6) is -0.677. The molecule has 0 aromatic heterocycles. The van der Waals surface area contributed by atoms with E-state index in [-0.39, 0.29) is 0 Å². The molecule has 108 valence electrons. The van der Waals surface area contributed by atoms with Gasteiger partial charge < -0.3 is 5.11 Å². The van der Waals surface area contributed by atoms with E-state index >= 15 is 0 Å². The Morgan fingerprint density at radius 2 is 1.90 bits per heavy atom. The summed E-state index contributed by atoms with van der Waals surface area (Å²) in [6.07, 6.45) is 3.66. The van der Waals surface area contributed by atoms with Gasteiger partial charge in [-0.2, -0.15) is 0 Å². The Morgan fingerprint density at radius 1 is 1.25 bits per heavy atom. The van der Waals surface area contributed by atoms with Crippen LogP contribution in [0, 0.1) is 0 Å². The largest absolute Gasteiger partial charge is 0.480 e. The standard InChI is InChI=1S/C16H22N2O2/c19-15(20)16(17-14-6-7-14)8-10-18(11-9-16)12-13-4-2-1-3-5-13/h1-5,14,17H,6-12H2,(H,19,20). The zero-order chi connectivity index (χ0) is 14.0. The Hall–Kier alpha value is -1.39. The smallest absolute Gasteiger partial charge is 0.324 e. The molecule has 1 aliphatic heterocycles. The molecule has 0 unspecified atom stereocenters.